The SMILES string of the molecule is CN(Cc1noc(C2CC2)n1)C[C@@H]1COc2ccccc2O1. The first-order valence-electron chi connectivity index (χ1n) is 7.67. The predicted molar refractivity (Wildman–Crippen MR) is 79.0 cm³/mol. The van der Waals surface area contributed by atoms with Crippen molar-refractivity contribution in [3.63, 3.8) is 0 Å². The molecule has 4 rings (SSSR count). The number of rotatable bonds is 5. The molecular weight excluding hydrogens is 282 g/mol. The van der Waals surface area contributed by atoms with Crippen molar-refractivity contribution in [3.05, 3.63) is 36.0 Å². The minimum absolute atomic E-state index is 0.00898. The van der Waals surface area contributed by atoms with Crippen molar-refractivity contribution in [2.45, 2.75) is 31.4 Å². The minimum Gasteiger partial charge on any atom is -0.486 e. The van der Waals surface area contributed by atoms with Gasteiger partial charge in [-0.1, -0.05) is 17.3 Å². The molecule has 1 aromatic heterocycles. The van der Waals surface area contributed by atoms with Gasteiger partial charge in [0.15, 0.2) is 17.3 Å². The van der Waals surface area contributed by atoms with E-state index >= 15 is 0 Å². The molecule has 6 heteroatoms. The van der Waals surface area contributed by atoms with Crippen LogP contribution in [0.4, 0.5) is 0 Å². The smallest absolute Gasteiger partial charge is 0.229 e. The van der Waals surface area contributed by atoms with E-state index in [1.54, 1.807) is 0 Å². The highest BCUT2D eigenvalue weighted by atomic mass is 16.6. The summed E-state index contributed by atoms with van der Waals surface area (Å²) in [5, 5.41) is 4.05. The zero-order valence-corrected chi connectivity index (χ0v) is 12.6. The topological polar surface area (TPSA) is 60.6 Å². The zero-order chi connectivity index (χ0) is 14.9. The van der Waals surface area contributed by atoms with Crippen molar-refractivity contribution in [1.29, 1.82) is 0 Å². The third-order valence-electron chi connectivity index (χ3n) is 3.90. The number of para-hydroxylation sites is 2. The molecule has 22 heavy (non-hydrogen) atoms. The molecule has 0 unspecified atom stereocenters. The first-order valence-corrected chi connectivity index (χ1v) is 7.67. The number of hydrogen-bond acceptors (Lipinski definition) is 6. The Hall–Kier alpha value is -2.08. The van der Waals surface area contributed by atoms with Gasteiger partial charge in [-0.2, -0.15) is 4.98 Å². The molecule has 1 atom stereocenters. The van der Waals surface area contributed by atoms with E-state index in [4.69, 9.17) is 14.0 Å². The highest BCUT2D eigenvalue weighted by Crippen LogP contribution is 2.38. The van der Waals surface area contributed by atoms with Gasteiger partial charge in [0.05, 0.1) is 6.54 Å². The van der Waals surface area contributed by atoms with E-state index in [-0.39, 0.29) is 6.10 Å². The maximum atomic E-state index is 5.96. The lowest BCUT2D eigenvalue weighted by atomic mass is 10.2. The normalized spacial score (nSPS) is 20.4. The fourth-order valence-electron chi connectivity index (χ4n) is 2.63. The second-order valence-corrected chi connectivity index (χ2v) is 6.02. The maximum absolute atomic E-state index is 5.96. The Kier molecular flexibility index (Phi) is 3.46. The van der Waals surface area contributed by atoms with Crippen LogP contribution in [0.3, 0.4) is 0 Å². The predicted octanol–water partition coefficient (Wildman–Crippen LogP) is 2.22. The van der Waals surface area contributed by atoms with Crippen LogP contribution in [0.5, 0.6) is 11.5 Å². The number of ether oxygens (including phenoxy) is 2. The molecule has 2 aromatic rings. The maximum Gasteiger partial charge on any atom is 0.229 e. The molecular formula is C16H19N3O3. The molecule has 1 saturated carbocycles. The Balaban J connectivity index is 1.33. The standard InChI is InChI=1S/C16H19N3O3/c1-19(9-15-17-16(22-18-15)11-6-7-11)8-12-10-20-13-4-2-3-5-14(13)21-12/h2-5,11-12H,6-10H2,1H3/t12-/m1/s1. The number of likely N-dealkylation sites (N-methyl/N-ethyl adjacent to an activating group) is 1. The Morgan fingerprint density at radius 2 is 2.05 bits per heavy atom. The van der Waals surface area contributed by atoms with Crippen molar-refractivity contribution in [2.24, 2.45) is 0 Å². The summed E-state index contributed by atoms with van der Waals surface area (Å²) in [4.78, 5) is 6.58. The van der Waals surface area contributed by atoms with Gasteiger partial charge in [-0.3, -0.25) is 4.90 Å². The van der Waals surface area contributed by atoms with Crippen LogP contribution in [0.25, 0.3) is 0 Å². The highest BCUT2D eigenvalue weighted by Gasteiger charge is 2.30. The van der Waals surface area contributed by atoms with Crippen LogP contribution in [0.1, 0.15) is 30.5 Å². The van der Waals surface area contributed by atoms with Gasteiger partial charge in [0.2, 0.25) is 5.89 Å². The molecule has 6 nitrogen and oxygen atoms in total. The summed E-state index contributed by atoms with van der Waals surface area (Å²) < 4.78 is 17.0. The van der Waals surface area contributed by atoms with Gasteiger partial charge < -0.3 is 14.0 Å². The number of nitrogens with zero attached hydrogens (tertiary/aromatic N) is 3. The summed E-state index contributed by atoms with van der Waals surface area (Å²) >= 11 is 0. The quantitative estimate of drug-likeness (QED) is 0.844. The molecule has 0 N–H and O–H groups in total. The van der Waals surface area contributed by atoms with E-state index in [9.17, 15) is 0 Å². The van der Waals surface area contributed by atoms with Crippen molar-refractivity contribution in [3.8, 4) is 11.5 Å². The summed E-state index contributed by atoms with van der Waals surface area (Å²) in [6.07, 6.45) is 2.35. The monoisotopic (exact) mass is 301 g/mol. The lowest BCUT2D eigenvalue weighted by Gasteiger charge is -2.29. The molecule has 116 valence electrons. The third-order valence-corrected chi connectivity index (χ3v) is 3.90. The van der Waals surface area contributed by atoms with Gasteiger partial charge in [-0.15, -0.1) is 0 Å². The van der Waals surface area contributed by atoms with E-state index in [1.807, 2.05) is 31.3 Å². The Morgan fingerprint density at radius 1 is 1.23 bits per heavy atom. The van der Waals surface area contributed by atoms with Crippen molar-refractivity contribution < 1.29 is 14.0 Å². The summed E-state index contributed by atoms with van der Waals surface area (Å²) in [5.41, 5.74) is 0. The van der Waals surface area contributed by atoms with Gasteiger partial charge >= 0.3 is 0 Å². The summed E-state index contributed by atoms with van der Waals surface area (Å²) in [6, 6.07) is 7.76. The van der Waals surface area contributed by atoms with Crippen LogP contribution in [-0.4, -0.2) is 41.3 Å². The summed E-state index contributed by atoms with van der Waals surface area (Å²) in [7, 11) is 2.02. The van der Waals surface area contributed by atoms with Crippen LogP contribution >= 0.6 is 0 Å². The number of aromatic nitrogens is 2. The third kappa shape index (κ3) is 2.92. The molecule has 1 aliphatic heterocycles. The van der Waals surface area contributed by atoms with Crippen molar-refractivity contribution in [2.75, 3.05) is 20.2 Å². The van der Waals surface area contributed by atoms with Crippen LogP contribution in [0.2, 0.25) is 0 Å². The van der Waals surface area contributed by atoms with Crippen LogP contribution in [0.15, 0.2) is 28.8 Å². The molecule has 0 spiro atoms. The molecule has 1 fully saturated rings. The Labute approximate surface area is 129 Å². The average Bonchev–Trinajstić information content (AvgIpc) is 3.28. The lowest BCUT2D eigenvalue weighted by molar-refractivity contribution is 0.0630. The van der Waals surface area contributed by atoms with Crippen molar-refractivity contribution in [1.82, 2.24) is 15.0 Å². The van der Waals surface area contributed by atoms with Gasteiger partial charge in [0.25, 0.3) is 0 Å². The molecule has 0 saturated heterocycles. The largest absolute Gasteiger partial charge is 0.486 e. The van der Waals surface area contributed by atoms with E-state index in [0.29, 0.717) is 19.1 Å². The molecule has 0 bridgehead atoms. The molecule has 2 aliphatic rings. The van der Waals surface area contributed by atoms with Crippen LogP contribution < -0.4 is 9.47 Å². The summed E-state index contributed by atoms with van der Waals surface area (Å²) in [5.74, 6) is 3.64. The fraction of sp³-hybridized carbons (Fsp3) is 0.500. The number of benzene rings is 1. The van der Waals surface area contributed by atoms with E-state index in [2.05, 4.69) is 15.0 Å². The van der Waals surface area contributed by atoms with Crippen LogP contribution in [0, 0.1) is 0 Å². The van der Waals surface area contributed by atoms with E-state index in [0.717, 1.165) is 29.8 Å². The first kappa shape index (κ1) is 13.6. The average molecular weight is 301 g/mol. The van der Waals surface area contributed by atoms with Gasteiger partial charge in [-0.05, 0) is 32.0 Å². The van der Waals surface area contributed by atoms with Crippen molar-refractivity contribution >= 4 is 0 Å². The van der Waals surface area contributed by atoms with Gasteiger partial charge in [-0.25, -0.2) is 0 Å². The molecule has 0 radical (unpaired) electrons. The van der Waals surface area contributed by atoms with Gasteiger partial charge in [0.1, 0.15) is 12.7 Å². The second kappa shape index (κ2) is 5.61. The highest BCUT2D eigenvalue weighted by molar-refractivity contribution is 5.40. The van der Waals surface area contributed by atoms with Crippen LogP contribution in [-0.2, 0) is 6.54 Å². The second-order valence-electron chi connectivity index (χ2n) is 6.02. The van der Waals surface area contributed by atoms with E-state index in [1.165, 1.54) is 12.8 Å². The number of fused-ring (bicyclic) bond motifs is 1. The van der Waals surface area contributed by atoms with Gasteiger partial charge in [0, 0.05) is 12.5 Å². The molecule has 1 aromatic carbocycles. The zero-order valence-electron chi connectivity index (χ0n) is 12.6. The molecule has 0 amide bonds. The number of hydrogen-bond donors (Lipinski definition) is 0. The Morgan fingerprint density at radius 3 is 2.86 bits per heavy atom. The minimum atomic E-state index is 0.00898. The van der Waals surface area contributed by atoms with E-state index < -0.39 is 0 Å². The lowest BCUT2D eigenvalue weighted by Crippen LogP contribution is -2.39. The molecule has 1 aliphatic carbocycles. The molecule has 2 heterocycles. The fourth-order valence-corrected chi connectivity index (χ4v) is 2.63. The summed E-state index contributed by atoms with van der Waals surface area (Å²) in [6.45, 7) is 1.96. The first-order chi connectivity index (χ1) is 10.8. The Bertz CT molecular complexity index is 654.